The number of aliphatic carboxylic acids is 1. The van der Waals surface area contributed by atoms with Gasteiger partial charge in [0.25, 0.3) is 0 Å². The third-order valence-electron chi connectivity index (χ3n) is 2.56. The third kappa shape index (κ3) is 5.51. The Bertz CT molecular complexity index is 311. The van der Waals surface area contributed by atoms with Crippen molar-refractivity contribution in [2.24, 2.45) is 5.73 Å². The minimum Gasteiger partial charge on any atom is -0.481 e. The highest BCUT2D eigenvalue weighted by molar-refractivity contribution is 5.66. The van der Waals surface area contributed by atoms with Crippen LogP contribution in [0.3, 0.4) is 0 Å². The molecule has 1 aromatic carbocycles. The number of rotatable bonds is 7. The molecule has 0 saturated heterocycles. The van der Waals surface area contributed by atoms with Crippen LogP contribution in [0.15, 0.2) is 30.3 Å². The molecule has 0 aliphatic heterocycles. The van der Waals surface area contributed by atoms with Crippen molar-refractivity contribution in [3.05, 3.63) is 35.9 Å². The number of unbranched alkanes of at least 4 members (excludes halogenated alkanes) is 1. The summed E-state index contributed by atoms with van der Waals surface area (Å²) < 4.78 is 0. The van der Waals surface area contributed by atoms with E-state index in [-0.39, 0.29) is 12.5 Å². The summed E-state index contributed by atoms with van der Waals surface area (Å²) in [7, 11) is 0. The summed E-state index contributed by atoms with van der Waals surface area (Å²) in [4.78, 5) is 10.3. The van der Waals surface area contributed by atoms with Gasteiger partial charge in [0.2, 0.25) is 0 Å². The minimum absolute atomic E-state index is 0.135. The van der Waals surface area contributed by atoms with E-state index >= 15 is 0 Å². The molecule has 1 unspecified atom stereocenters. The lowest BCUT2D eigenvalue weighted by atomic mass is 10.0. The van der Waals surface area contributed by atoms with Crippen LogP contribution in [0, 0.1) is 0 Å². The monoisotopic (exact) mass is 221 g/mol. The van der Waals surface area contributed by atoms with E-state index in [1.54, 1.807) is 0 Å². The second-order valence-corrected chi connectivity index (χ2v) is 4.09. The van der Waals surface area contributed by atoms with E-state index in [1.165, 1.54) is 5.56 Å². The van der Waals surface area contributed by atoms with Crippen LogP contribution in [0.2, 0.25) is 0 Å². The Balaban J connectivity index is 2.16. The van der Waals surface area contributed by atoms with E-state index in [4.69, 9.17) is 10.8 Å². The fourth-order valence-electron chi connectivity index (χ4n) is 1.70. The van der Waals surface area contributed by atoms with Gasteiger partial charge in [0.05, 0.1) is 0 Å². The Morgan fingerprint density at radius 1 is 1.25 bits per heavy atom. The lowest BCUT2D eigenvalue weighted by Gasteiger charge is -2.10. The molecular formula is C13H19NO2. The summed E-state index contributed by atoms with van der Waals surface area (Å²) in [6, 6.07) is 10.3. The molecule has 1 atom stereocenters. The van der Waals surface area contributed by atoms with E-state index in [2.05, 4.69) is 12.1 Å². The van der Waals surface area contributed by atoms with Crippen LogP contribution in [-0.2, 0) is 11.2 Å². The van der Waals surface area contributed by atoms with Crippen LogP contribution < -0.4 is 5.73 Å². The number of benzene rings is 1. The van der Waals surface area contributed by atoms with E-state index in [0.717, 1.165) is 25.7 Å². The average molecular weight is 221 g/mol. The number of carboxylic acid groups (broad SMARTS) is 1. The molecule has 0 aromatic heterocycles. The van der Waals surface area contributed by atoms with Gasteiger partial charge in [-0.1, -0.05) is 36.8 Å². The molecule has 0 aliphatic rings. The topological polar surface area (TPSA) is 63.3 Å². The SMILES string of the molecule is NC(CCCCC(=O)O)Cc1ccccc1. The molecule has 0 bridgehead atoms. The number of hydrogen-bond acceptors (Lipinski definition) is 2. The summed E-state index contributed by atoms with van der Waals surface area (Å²) in [5.41, 5.74) is 7.22. The van der Waals surface area contributed by atoms with Crippen molar-refractivity contribution in [1.82, 2.24) is 0 Å². The Morgan fingerprint density at radius 3 is 2.56 bits per heavy atom. The first-order valence-electron chi connectivity index (χ1n) is 5.70. The largest absolute Gasteiger partial charge is 0.481 e. The van der Waals surface area contributed by atoms with Crippen molar-refractivity contribution in [1.29, 1.82) is 0 Å². The first kappa shape index (κ1) is 12.7. The van der Waals surface area contributed by atoms with Crippen LogP contribution in [0.4, 0.5) is 0 Å². The van der Waals surface area contributed by atoms with Gasteiger partial charge in [0.1, 0.15) is 0 Å². The van der Waals surface area contributed by atoms with Gasteiger partial charge in [-0.3, -0.25) is 4.79 Å². The summed E-state index contributed by atoms with van der Waals surface area (Å²) in [6.07, 6.45) is 3.62. The standard InChI is InChI=1S/C13H19NO2/c14-12(8-4-5-9-13(15)16)10-11-6-2-1-3-7-11/h1-3,6-7,12H,4-5,8-10,14H2,(H,15,16). The quantitative estimate of drug-likeness (QED) is 0.694. The van der Waals surface area contributed by atoms with Crippen molar-refractivity contribution in [2.45, 2.75) is 38.1 Å². The maximum atomic E-state index is 10.3. The minimum atomic E-state index is -0.725. The van der Waals surface area contributed by atoms with Gasteiger partial charge in [-0.05, 0) is 24.8 Å². The van der Waals surface area contributed by atoms with Crippen LogP contribution in [-0.4, -0.2) is 17.1 Å². The lowest BCUT2D eigenvalue weighted by Crippen LogP contribution is -2.22. The highest BCUT2D eigenvalue weighted by Crippen LogP contribution is 2.08. The molecule has 16 heavy (non-hydrogen) atoms. The fourth-order valence-corrected chi connectivity index (χ4v) is 1.70. The first-order chi connectivity index (χ1) is 7.68. The molecule has 3 heteroatoms. The molecule has 0 aliphatic carbocycles. The van der Waals surface area contributed by atoms with Gasteiger partial charge >= 0.3 is 5.97 Å². The highest BCUT2D eigenvalue weighted by Gasteiger charge is 2.04. The molecule has 0 spiro atoms. The molecule has 1 rings (SSSR count). The van der Waals surface area contributed by atoms with Gasteiger partial charge in [0.15, 0.2) is 0 Å². The van der Waals surface area contributed by atoms with Crippen molar-refractivity contribution < 1.29 is 9.90 Å². The Labute approximate surface area is 96.3 Å². The zero-order valence-electron chi connectivity index (χ0n) is 9.43. The van der Waals surface area contributed by atoms with Crippen molar-refractivity contribution >= 4 is 5.97 Å². The predicted molar refractivity (Wildman–Crippen MR) is 64.2 cm³/mol. The van der Waals surface area contributed by atoms with Gasteiger partial charge in [-0.25, -0.2) is 0 Å². The molecule has 0 heterocycles. The van der Waals surface area contributed by atoms with E-state index in [9.17, 15) is 4.79 Å². The van der Waals surface area contributed by atoms with Crippen LogP contribution in [0.5, 0.6) is 0 Å². The number of nitrogens with two attached hydrogens (primary N) is 1. The van der Waals surface area contributed by atoms with Crippen molar-refractivity contribution in [3.63, 3.8) is 0 Å². The summed E-state index contributed by atoms with van der Waals surface area (Å²) in [5.74, 6) is -0.725. The lowest BCUT2D eigenvalue weighted by molar-refractivity contribution is -0.137. The molecule has 0 fully saturated rings. The van der Waals surface area contributed by atoms with E-state index in [1.807, 2.05) is 18.2 Å². The molecule has 0 radical (unpaired) electrons. The van der Waals surface area contributed by atoms with Gasteiger partial charge in [0, 0.05) is 12.5 Å². The maximum Gasteiger partial charge on any atom is 0.303 e. The number of hydrogen-bond donors (Lipinski definition) is 2. The van der Waals surface area contributed by atoms with Crippen LogP contribution in [0.25, 0.3) is 0 Å². The summed E-state index contributed by atoms with van der Waals surface area (Å²) in [6.45, 7) is 0. The van der Waals surface area contributed by atoms with E-state index < -0.39 is 5.97 Å². The second kappa shape index (κ2) is 7.01. The third-order valence-corrected chi connectivity index (χ3v) is 2.56. The highest BCUT2D eigenvalue weighted by atomic mass is 16.4. The summed E-state index contributed by atoms with van der Waals surface area (Å²) in [5, 5.41) is 8.48. The summed E-state index contributed by atoms with van der Waals surface area (Å²) >= 11 is 0. The molecule has 0 amide bonds. The normalized spacial score (nSPS) is 12.3. The zero-order chi connectivity index (χ0) is 11.8. The van der Waals surface area contributed by atoms with E-state index in [0.29, 0.717) is 0 Å². The molecular weight excluding hydrogens is 202 g/mol. The molecule has 0 saturated carbocycles. The van der Waals surface area contributed by atoms with Gasteiger partial charge in [-0.2, -0.15) is 0 Å². The smallest absolute Gasteiger partial charge is 0.303 e. The molecule has 1 aromatic rings. The average Bonchev–Trinajstić information content (AvgIpc) is 2.25. The van der Waals surface area contributed by atoms with Gasteiger partial charge < -0.3 is 10.8 Å². The Kier molecular flexibility index (Phi) is 5.57. The number of carbonyl (C=O) groups is 1. The van der Waals surface area contributed by atoms with Crippen molar-refractivity contribution in [2.75, 3.05) is 0 Å². The molecule has 88 valence electrons. The maximum absolute atomic E-state index is 10.3. The van der Waals surface area contributed by atoms with Crippen LogP contribution >= 0.6 is 0 Å². The van der Waals surface area contributed by atoms with Crippen molar-refractivity contribution in [3.8, 4) is 0 Å². The molecule has 3 N–H and O–H groups in total. The predicted octanol–water partition coefficient (Wildman–Crippen LogP) is 2.20. The van der Waals surface area contributed by atoms with Crippen LogP contribution in [0.1, 0.15) is 31.2 Å². The second-order valence-electron chi connectivity index (χ2n) is 4.09. The number of carboxylic acids is 1. The zero-order valence-corrected chi connectivity index (χ0v) is 9.43. The molecule has 3 nitrogen and oxygen atoms in total. The Hall–Kier alpha value is -1.35. The Morgan fingerprint density at radius 2 is 1.94 bits per heavy atom. The fraction of sp³-hybridized carbons (Fsp3) is 0.462. The first-order valence-corrected chi connectivity index (χ1v) is 5.70. The van der Waals surface area contributed by atoms with Gasteiger partial charge in [-0.15, -0.1) is 0 Å².